The molecule has 1 atom stereocenters. The maximum atomic E-state index is 3.85. The van der Waals surface area contributed by atoms with Gasteiger partial charge in [-0.05, 0) is 48.2 Å². The number of nitrogens with one attached hydrogen (secondary N) is 1. The maximum Gasteiger partial charge on any atom is 0.0335 e. The van der Waals surface area contributed by atoms with Crippen molar-refractivity contribution < 1.29 is 0 Å². The van der Waals surface area contributed by atoms with Crippen molar-refractivity contribution in [3.8, 4) is 0 Å². The normalized spacial score (nSPS) is 26.9. The van der Waals surface area contributed by atoms with Crippen LogP contribution in [0.5, 0.6) is 0 Å². The summed E-state index contributed by atoms with van der Waals surface area (Å²) in [7, 11) is 0. The molecule has 0 saturated carbocycles. The Kier molecular flexibility index (Phi) is 5.33. The lowest BCUT2D eigenvalue weighted by Crippen LogP contribution is -2.68. The molecule has 1 aromatic rings. The molecule has 1 unspecified atom stereocenters. The molecule has 114 valence electrons. The molecule has 1 saturated heterocycles. The van der Waals surface area contributed by atoms with Gasteiger partial charge in [-0.1, -0.05) is 20.8 Å². The zero-order valence-electron chi connectivity index (χ0n) is 13.1. The Hall–Kier alpha value is 0.1000. The Balaban J connectivity index is 2.19. The molecule has 0 spiro atoms. The monoisotopic (exact) mass is 358 g/mol. The van der Waals surface area contributed by atoms with E-state index in [1.54, 1.807) is 0 Å². The summed E-state index contributed by atoms with van der Waals surface area (Å²) in [5, 5.41) is 6.04. The zero-order valence-corrected chi connectivity index (χ0v) is 15.5. The number of nitrogens with zero attached hydrogens (tertiary/aromatic N) is 1. The van der Waals surface area contributed by atoms with Crippen molar-refractivity contribution in [3.05, 3.63) is 20.8 Å². The molecule has 2 rings (SSSR count). The molecule has 0 radical (unpaired) electrons. The first-order valence-electron chi connectivity index (χ1n) is 7.70. The number of halogens is 1. The minimum absolute atomic E-state index is 0.268. The number of rotatable bonds is 5. The average Bonchev–Trinajstić information content (AvgIpc) is 2.87. The van der Waals surface area contributed by atoms with Crippen molar-refractivity contribution in [3.63, 3.8) is 0 Å². The first kappa shape index (κ1) is 16.5. The van der Waals surface area contributed by atoms with E-state index in [2.05, 4.69) is 65.3 Å². The molecular formula is C16H27BrN2S. The zero-order chi connectivity index (χ0) is 14.8. The lowest BCUT2D eigenvalue weighted by atomic mass is 9.83. The minimum Gasteiger partial charge on any atom is -0.308 e. The summed E-state index contributed by atoms with van der Waals surface area (Å²) in [4.78, 5) is 4.16. The van der Waals surface area contributed by atoms with Crippen LogP contribution in [-0.2, 0) is 6.54 Å². The molecule has 1 N–H and O–H groups in total. The maximum absolute atomic E-state index is 3.85. The van der Waals surface area contributed by atoms with Gasteiger partial charge >= 0.3 is 0 Å². The molecule has 0 amide bonds. The first-order chi connectivity index (χ1) is 9.47. The van der Waals surface area contributed by atoms with Gasteiger partial charge in [0.1, 0.15) is 0 Å². The van der Waals surface area contributed by atoms with Gasteiger partial charge in [-0.2, -0.15) is 0 Å². The van der Waals surface area contributed by atoms with Crippen LogP contribution in [0.15, 0.2) is 15.9 Å². The molecule has 1 fully saturated rings. The lowest BCUT2D eigenvalue weighted by Gasteiger charge is -2.53. The van der Waals surface area contributed by atoms with Crippen molar-refractivity contribution in [2.75, 3.05) is 13.1 Å². The van der Waals surface area contributed by atoms with Crippen LogP contribution in [0.3, 0.4) is 0 Å². The quantitative estimate of drug-likeness (QED) is 0.824. The van der Waals surface area contributed by atoms with Crippen LogP contribution in [-0.4, -0.2) is 29.1 Å². The third-order valence-electron chi connectivity index (χ3n) is 5.18. The van der Waals surface area contributed by atoms with Gasteiger partial charge in [-0.15, -0.1) is 11.3 Å². The molecule has 4 heteroatoms. The molecule has 1 aromatic heterocycles. The van der Waals surface area contributed by atoms with Crippen LogP contribution in [0.4, 0.5) is 0 Å². The number of thiophene rings is 1. The van der Waals surface area contributed by atoms with Gasteiger partial charge in [-0.25, -0.2) is 0 Å². The van der Waals surface area contributed by atoms with Gasteiger partial charge in [-0.3, -0.25) is 4.90 Å². The molecule has 2 heterocycles. The van der Waals surface area contributed by atoms with Gasteiger partial charge in [0, 0.05) is 45.4 Å². The summed E-state index contributed by atoms with van der Waals surface area (Å²) in [5.74, 6) is 0. The molecule has 2 nitrogen and oxygen atoms in total. The van der Waals surface area contributed by atoms with Crippen LogP contribution in [0.25, 0.3) is 0 Å². The highest BCUT2D eigenvalue weighted by Gasteiger charge is 2.42. The number of piperazine rings is 1. The third-order valence-corrected chi connectivity index (χ3v) is 6.87. The fraction of sp³-hybridized carbons (Fsp3) is 0.750. The van der Waals surface area contributed by atoms with Crippen molar-refractivity contribution in [2.45, 2.75) is 64.6 Å². The van der Waals surface area contributed by atoms with Crippen LogP contribution in [0.2, 0.25) is 0 Å². The molecule has 1 aliphatic heterocycles. The van der Waals surface area contributed by atoms with Crippen molar-refractivity contribution in [2.24, 2.45) is 0 Å². The van der Waals surface area contributed by atoms with Crippen LogP contribution in [0, 0.1) is 0 Å². The predicted molar refractivity (Wildman–Crippen MR) is 92.4 cm³/mol. The van der Waals surface area contributed by atoms with Gasteiger partial charge in [0.05, 0.1) is 0 Å². The molecule has 20 heavy (non-hydrogen) atoms. The van der Waals surface area contributed by atoms with Crippen LogP contribution >= 0.6 is 27.3 Å². The van der Waals surface area contributed by atoms with E-state index >= 15 is 0 Å². The van der Waals surface area contributed by atoms with Gasteiger partial charge < -0.3 is 5.32 Å². The molecule has 1 aliphatic rings. The second-order valence-electron chi connectivity index (χ2n) is 6.28. The van der Waals surface area contributed by atoms with E-state index < -0.39 is 0 Å². The van der Waals surface area contributed by atoms with E-state index in [-0.39, 0.29) is 5.54 Å². The summed E-state index contributed by atoms with van der Waals surface area (Å²) in [5.41, 5.74) is 0.563. The van der Waals surface area contributed by atoms with Gasteiger partial charge in [0.2, 0.25) is 0 Å². The fourth-order valence-corrected chi connectivity index (χ4v) is 4.51. The number of hydrogen-bond acceptors (Lipinski definition) is 3. The second kappa shape index (κ2) is 6.47. The first-order valence-corrected chi connectivity index (χ1v) is 9.37. The standard InChI is InChI=1S/C16H27BrN2S/c1-5-15(4)11-18-16(6-2,7-3)12-19(15)9-14-8-13(17)10-20-14/h8,10,18H,5-7,9,11-12H2,1-4H3. The van der Waals surface area contributed by atoms with Crippen molar-refractivity contribution in [1.29, 1.82) is 0 Å². The van der Waals surface area contributed by atoms with E-state index in [0.717, 1.165) is 19.6 Å². The highest BCUT2D eigenvalue weighted by molar-refractivity contribution is 9.10. The highest BCUT2D eigenvalue weighted by Crippen LogP contribution is 2.33. The lowest BCUT2D eigenvalue weighted by molar-refractivity contribution is 0.00347. The molecule has 0 aliphatic carbocycles. The summed E-state index contributed by atoms with van der Waals surface area (Å²) in [6.45, 7) is 12.7. The smallest absolute Gasteiger partial charge is 0.0335 e. The predicted octanol–water partition coefficient (Wildman–Crippen LogP) is 4.64. The Morgan fingerprint density at radius 2 is 2.00 bits per heavy atom. The Labute approximate surface area is 136 Å². The molecule has 0 aromatic carbocycles. The van der Waals surface area contributed by atoms with E-state index in [4.69, 9.17) is 0 Å². The summed E-state index contributed by atoms with van der Waals surface area (Å²) >= 11 is 5.43. The molecule has 0 bridgehead atoms. The Bertz CT molecular complexity index is 441. The minimum atomic E-state index is 0.268. The highest BCUT2D eigenvalue weighted by atomic mass is 79.9. The van der Waals surface area contributed by atoms with E-state index in [9.17, 15) is 0 Å². The van der Waals surface area contributed by atoms with E-state index in [1.165, 1.54) is 28.6 Å². The Morgan fingerprint density at radius 1 is 1.30 bits per heavy atom. The van der Waals surface area contributed by atoms with Crippen LogP contribution < -0.4 is 5.32 Å². The summed E-state index contributed by atoms with van der Waals surface area (Å²) < 4.78 is 1.21. The van der Waals surface area contributed by atoms with Crippen molar-refractivity contribution >= 4 is 27.3 Å². The summed E-state index contributed by atoms with van der Waals surface area (Å²) in [6.07, 6.45) is 3.60. The molecular weight excluding hydrogens is 332 g/mol. The van der Waals surface area contributed by atoms with Gasteiger partial charge in [0.25, 0.3) is 0 Å². The average molecular weight is 359 g/mol. The third kappa shape index (κ3) is 3.29. The topological polar surface area (TPSA) is 15.3 Å². The SMILES string of the molecule is CCC1(CC)CN(Cc2cc(Br)cs2)C(C)(CC)CN1. The van der Waals surface area contributed by atoms with E-state index in [0.29, 0.717) is 5.54 Å². The van der Waals surface area contributed by atoms with Crippen molar-refractivity contribution in [1.82, 2.24) is 10.2 Å². The summed E-state index contributed by atoms with van der Waals surface area (Å²) in [6, 6.07) is 2.27. The largest absolute Gasteiger partial charge is 0.308 e. The number of hydrogen-bond donors (Lipinski definition) is 1. The van der Waals surface area contributed by atoms with Crippen LogP contribution in [0.1, 0.15) is 51.8 Å². The fourth-order valence-electron chi connectivity index (χ4n) is 3.05. The second-order valence-corrected chi connectivity index (χ2v) is 8.19. The Morgan fingerprint density at radius 3 is 2.50 bits per heavy atom. The van der Waals surface area contributed by atoms with Gasteiger partial charge in [0.15, 0.2) is 0 Å². The van der Waals surface area contributed by atoms with E-state index in [1.807, 2.05) is 11.3 Å².